The fourth-order valence-electron chi connectivity index (χ4n) is 2.80. The van der Waals surface area contributed by atoms with Crippen LogP contribution in [0.1, 0.15) is 24.6 Å². The van der Waals surface area contributed by atoms with Crippen LogP contribution in [0, 0.1) is 0 Å². The molecule has 2 aromatic carbocycles. The summed E-state index contributed by atoms with van der Waals surface area (Å²) in [6, 6.07) is 20.0. The molecule has 0 aliphatic carbocycles. The van der Waals surface area contributed by atoms with Gasteiger partial charge in [0.25, 0.3) is 0 Å². The maximum absolute atomic E-state index is 5.95. The van der Waals surface area contributed by atoms with Gasteiger partial charge < -0.3 is 8.94 Å². The van der Waals surface area contributed by atoms with Crippen LogP contribution in [-0.4, -0.2) is 22.1 Å². The number of para-hydroxylation sites is 1. The molecule has 0 saturated carbocycles. The van der Waals surface area contributed by atoms with E-state index in [1.807, 2.05) is 55.6 Å². The van der Waals surface area contributed by atoms with Crippen LogP contribution in [0.3, 0.4) is 0 Å². The number of hydrogen-bond donors (Lipinski definition) is 0. The van der Waals surface area contributed by atoms with Gasteiger partial charge in [-0.1, -0.05) is 53.7 Å². The van der Waals surface area contributed by atoms with Crippen molar-refractivity contribution in [2.75, 3.05) is 7.05 Å². The molecule has 0 aliphatic heterocycles. The number of nitrogens with zero attached hydrogens (tertiary/aromatic N) is 3. The first-order chi connectivity index (χ1) is 12.2. The van der Waals surface area contributed by atoms with Gasteiger partial charge in [-0.15, -0.1) is 0 Å². The molecule has 0 spiro atoms. The van der Waals surface area contributed by atoms with Crippen molar-refractivity contribution in [2.45, 2.75) is 19.5 Å². The number of fused-ring (bicyclic) bond motifs is 1. The molecule has 5 nitrogen and oxygen atoms in total. The number of aromatic nitrogens is 2. The predicted molar refractivity (Wildman–Crippen MR) is 95.8 cm³/mol. The zero-order chi connectivity index (χ0) is 17.2. The minimum Gasteiger partial charge on any atom is -0.459 e. The lowest BCUT2D eigenvalue weighted by molar-refractivity contribution is 0.198. The predicted octanol–water partition coefficient (Wildman–Crippen LogP) is 4.68. The molecule has 0 N–H and O–H groups in total. The van der Waals surface area contributed by atoms with E-state index in [1.54, 1.807) is 0 Å². The van der Waals surface area contributed by atoms with Crippen molar-refractivity contribution < 1.29 is 8.94 Å². The van der Waals surface area contributed by atoms with Gasteiger partial charge in [0.2, 0.25) is 11.7 Å². The zero-order valence-corrected chi connectivity index (χ0v) is 14.2. The maximum atomic E-state index is 5.95. The molecular formula is C20H19N3O2. The molecule has 5 heteroatoms. The Hall–Kier alpha value is -2.92. The molecule has 0 unspecified atom stereocenters. The van der Waals surface area contributed by atoms with E-state index in [0.29, 0.717) is 18.3 Å². The molecule has 126 valence electrons. The number of benzene rings is 2. The highest BCUT2D eigenvalue weighted by molar-refractivity contribution is 5.77. The SMILES string of the molecule is C[C@H](c1cc2ccccc2o1)N(C)Cc1nc(-c2ccccc2)no1. The molecule has 2 aromatic heterocycles. The van der Waals surface area contributed by atoms with Gasteiger partial charge in [0.1, 0.15) is 11.3 Å². The van der Waals surface area contributed by atoms with Crippen LogP contribution < -0.4 is 0 Å². The molecule has 0 saturated heterocycles. The molecule has 0 bridgehead atoms. The van der Waals surface area contributed by atoms with Gasteiger partial charge in [0, 0.05) is 10.9 Å². The third kappa shape index (κ3) is 3.19. The van der Waals surface area contributed by atoms with Crippen molar-refractivity contribution in [1.82, 2.24) is 15.0 Å². The van der Waals surface area contributed by atoms with Crippen molar-refractivity contribution >= 4 is 11.0 Å². The van der Waals surface area contributed by atoms with Gasteiger partial charge in [0.05, 0.1) is 12.6 Å². The third-order valence-electron chi connectivity index (χ3n) is 4.40. The lowest BCUT2D eigenvalue weighted by atomic mass is 10.2. The van der Waals surface area contributed by atoms with Crippen LogP contribution in [0.2, 0.25) is 0 Å². The first kappa shape index (κ1) is 15.6. The Morgan fingerprint density at radius 1 is 1.04 bits per heavy atom. The van der Waals surface area contributed by atoms with Crippen LogP contribution in [0.5, 0.6) is 0 Å². The van der Waals surface area contributed by atoms with Crippen molar-refractivity contribution in [3.63, 3.8) is 0 Å². The summed E-state index contributed by atoms with van der Waals surface area (Å²) in [4.78, 5) is 6.61. The number of furan rings is 1. The minimum absolute atomic E-state index is 0.0967. The smallest absolute Gasteiger partial charge is 0.241 e. The lowest BCUT2D eigenvalue weighted by Crippen LogP contribution is -2.21. The number of rotatable bonds is 5. The quantitative estimate of drug-likeness (QED) is 0.531. The average Bonchev–Trinajstić information content (AvgIpc) is 3.28. The minimum atomic E-state index is 0.0967. The highest BCUT2D eigenvalue weighted by Gasteiger charge is 2.19. The van der Waals surface area contributed by atoms with E-state index >= 15 is 0 Å². The van der Waals surface area contributed by atoms with E-state index in [1.165, 1.54) is 0 Å². The average molecular weight is 333 g/mol. The van der Waals surface area contributed by atoms with Crippen LogP contribution >= 0.6 is 0 Å². The van der Waals surface area contributed by atoms with E-state index in [-0.39, 0.29) is 6.04 Å². The Morgan fingerprint density at radius 3 is 2.60 bits per heavy atom. The molecule has 25 heavy (non-hydrogen) atoms. The summed E-state index contributed by atoms with van der Waals surface area (Å²) in [6.07, 6.45) is 0. The highest BCUT2D eigenvalue weighted by Crippen LogP contribution is 2.27. The standard InChI is InChI=1S/C20H19N3O2/c1-14(18-12-16-10-6-7-11-17(16)24-18)23(2)13-19-21-20(22-25-19)15-8-4-3-5-9-15/h3-12,14H,13H2,1-2H3/t14-/m1/s1. The Labute approximate surface area is 145 Å². The molecular weight excluding hydrogens is 314 g/mol. The Bertz CT molecular complexity index is 942. The summed E-state index contributed by atoms with van der Waals surface area (Å²) >= 11 is 0. The first-order valence-electron chi connectivity index (χ1n) is 8.27. The van der Waals surface area contributed by atoms with Crippen molar-refractivity contribution in [1.29, 1.82) is 0 Å². The summed E-state index contributed by atoms with van der Waals surface area (Å²) in [5.41, 5.74) is 1.85. The van der Waals surface area contributed by atoms with Crippen molar-refractivity contribution in [3.05, 3.63) is 72.3 Å². The second kappa shape index (κ2) is 6.53. The van der Waals surface area contributed by atoms with Gasteiger partial charge in [-0.2, -0.15) is 4.98 Å². The second-order valence-electron chi connectivity index (χ2n) is 6.16. The second-order valence-corrected chi connectivity index (χ2v) is 6.16. The fourth-order valence-corrected chi connectivity index (χ4v) is 2.80. The Kier molecular flexibility index (Phi) is 4.07. The summed E-state index contributed by atoms with van der Waals surface area (Å²) in [7, 11) is 2.02. The molecule has 0 amide bonds. The number of hydrogen-bond acceptors (Lipinski definition) is 5. The first-order valence-corrected chi connectivity index (χ1v) is 8.27. The lowest BCUT2D eigenvalue weighted by Gasteiger charge is -2.20. The molecule has 0 aliphatic rings. The molecule has 4 rings (SSSR count). The highest BCUT2D eigenvalue weighted by atomic mass is 16.5. The van der Waals surface area contributed by atoms with Crippen LogP contribution in [-0.2, 0) is 6.54 Å². The van der Waals surface area contributed by atoms with Crippen molar-refractivity contribution in [3.8, 4) is 11.4 Å². The third-order valence-corrected chi connectivity index (χ3v) is 4.40. The van der Waals surface area contributed by atoms with E-state index in [9.17, 15) is 0 Å². The Morgan fingerprint density at radius 2 is 1.80 bits per heavy atom. The molecule has 0 radical (unpaired) electrons. The topological polar surface area (TPSA) is 55.3 Å². The van der Waals surface area contributed by atoms with Crippen LogP contribution in [0.4, 0.5) is 0 Å². The van der Waals surface area contributed by atoms with Crippen LogP contribution in [0.25, 0.3) is 22.4 Å². The van der Waals surface area contributed by atoms with Crippen LogP contribution in [0.15, 0.2) is 69.6 Å². The summed E-state index contributed by atoms with van der Waals surface area (Å²) in [6.45, 7) is 2.66. The fraction of sp³-hybridized carbons (Fsp3) is 0.200. The normalized spacial score (nSPS) is 12.8. The van der Waals surface area contributed by atoms with Gasteiger partial charge in [-0.25, -0.2) is 0 Å². The molecule has 2 heterocycles. The summed E-state index contributed by atoms with van der Waals surface area (Å²) in [5, 5.41) is 5.18. The van der Waals surface area contributed by atoms with E-state index in [2.05, 4.69) is 34.1 Å². The van der Waals surface area contributed by atoms with Gasteiger partial charge in [0.15, 0.2) is 0 Å². The van der Waals surface area contributed by atoms with Crippen molar-refractivity contribution in [2.24, 2.45) is 0 Å². The maximum Gasteiger partial charge on any atom is 0.241 e. The van der Waals surface area contributed by atoms with Gasteiger partial charge >= 0.3 is 0 Å². The van der Waals surface area contributed by atoms with E-state index < -0.39 is 0 Å². The summed E-state index contributed by atoms with van der Waals surface area (Å²) in [5.74, 6) is 2.12. The molecule has 4 aromatic rings. The molecule has 1 atom stereocenters. The Balaban J connectivity index is 1.49. The van der Waals surface area contributed by atoms with Gasteiger partial charge in [-0.05, 0) is 26.1 Å². The largest absolute Gasteiger partial charge is 0.459 e. The summed E-state index contributed by atoms with van der Waals surface area (Å²) < 4.78 is 11.4. The monoisotopic (exact) mass is 333 g/mol. The zero-order valence-electron chi connectivity index (χ0n) is 14.2. The van der Waals surface area contributed by atoms with E-state index in [0.717, 1.165) is 22.3 Å². The molecule has 0 fully saturated rings. The van der Waals surface area contributed by atoms with E-state index in [4.69, 9.17) is 8.94 Å². The van der Waals surface area contributed by atoms with Gasteiger partial charge in [-0.3, -0.25) is 4.90 Å².